The molecule has 1 saturated carbocycles. The van der Waals surface area contributed by atoms with E-state index in [4.69, 9.17) is 4.74 Å². The maximum absolute atomic E-state index is 13.9. The van der Waals surface area contributed by atoms with E-state index in [1.165, 1.54) is 6.42 Å². The minimum atomic E-state index is -1.03. The average Bonchev–Trinajstić information content (AvgIpc) is 2.97. The van der Waals surface area contributed by atoms with Crippen LogP contribution in [0, 0.1) is 11.8 Å². The Kier molecular flexibility index (Phi) is 12.4. The fourth-order valence-electron chi connectivity index (χ4n) is 5.31. The Labute approximate surface area is 231 Å². The van der Waals surface area contributed by atoms with Gasteiger partial charge in [-0.3, -0.25) is 19.6 Å². The number of pyridine rings is 1. The predicted octanol–water partition coefficient (Wildman–Crippen LogP) is 4.71. The molecule has 0 bridgehead atoms. The number of benzene rings is 1. The number of hydrogen-bond donors (Lipinski definition) is 3. The molecule has 4 atom stereocenters. The lowest BCUT2D eigenvalue weighted by Gasteiger charge is -2.35. The van der Waals surface area contributed by atoms with Gasteiger partial charge in [0, 0.05) is 6.20 Å². The van der Waals surface area contributed by atoms with E-state index in [1.54, 1.807) is 31.3 Å². The summed E-state index contributed by atoms with van der Waals surface area (Å²) in [5.74, 6) is -0.822. The Morgan fingerprint density at radius 2 is 1.82 bits per heavy atom. The molecule has 3 amide bonds. The van der Waals surface area contributed by atoms with Gasteiger partial charge >= 0.3 is 0 Å². The van der Waals surface area contributed by atoms with Crippen molar-refractivity contribution in [2.75, 3.05) is 5.32 Å². The molecule has 0 saturated heterocycles. The fraction of sp³-hybridized carbons (Fsp3) is 0.533. The lowest BCUT2D eigenvalue weighted by molar-refractivity contribution is -0.170. The van der Waals surface area contributed by atoms with Gasteiger partial charge in [0.1, 0.15) is 11.9 Å². The topological polar surface area (TPSA) is 121 Å². The Balaban J connectivity index is 1.83. The average molecular weight is 539 g/mol. The molecule has 1 aliphatic carbocycles. The van der Waals surface area contributed by atoms with Crippen molar-refractivity contribution >= 4 is 24.0 Å². The Hall–Kier alpha value is -3.30. The van der Waals surface area contributed by atoms with Crippen molar-refractivity contribution in [3.63, 3.8) is 0 Å². The van der Waals surface area contributed by atoms with Gasteiger partial charge in [-0.1, -0.05) is 81.8 Å². The second kappa shape index (κ2) is 16.0. The zero-order valence-electron chi connectivity index (χ0n) is 23.0. The number of carbonyl (C=O) groups is 3. The molecule has 3 rings (SSSR count). The number of nitrogens with zero attached hydrogens (tertiary/aromatic N) is 2. The third-order valence-corrected chi connectivity index (χ3v) is 7.47. The molecule has 3 N–H and O–H groups in total. The Bertz CT molecular complexity index is 1020. The summed E-state index contributed by atoms with van der Waals surface area (Å²) in [6.07, 6.45) is 8.35. The van der Waals surface area contributed by atoms with Crippen molar-refractivity contribution < 1.29 is 24.3 Å². The highest BCUT2D eigenvalue weighted by molar-refractivity contribution is 5.97. The zero-order valence-corrected chi connectivity index (χ0v) is 23.0. The lowest BCUT2D eigenvalue weighted by Crippen LogP contribution is -2.55. The number of hydroxylamine groups is 2. The number of anilines is 1. The van der Waals surface area contributed by atoms with Gasteiger partial charge in [-0.2, -0.15) is 0 Å². The summed E-state index contributed by atoms with van der Waals surface area (Å²) >= 11 is 0. The normalized spacial score (nSPS) is 16.9. The third kappa shape index (κ3) is 9.44. The largest absolute Gasteiger partial charge is 0.371 e. The van der Waals surface area contributed by atoms with Crippen molar-refractivity contribution in [1.82, 2.24) is 15.4 Å². The van der Waals surface area contributed by atoms with Gasteiger partial charge in [-0.15, -0.1) is 0 Å². The van der Waals surface area contributed by atoms with Crippen molar-refractivity contribution in [1.29, 1.82) is 0 Å². The first-order chi connectivity index (χ1) is 18.9. The molecular weight excluding hydrogens is 496 g/mol. The summed E-state index contributed by atoms with van der Waals surface area (Å²) in [5.41, 5.74) is 0.944. The number of rotatable bonds is 15. The zero-order chi connectivity index (χ0) is 28.0. The maximum atomic E-state index is 13.9. The van der Waals surface area contributed by atoms with Gasteiger partial charge < -0.3 is 15.4 Å². The minimum Gasteiger partial charge on any atom is -0.371 e. The van der Waals surface area contributed by atoms with E-state index < -0.39 is 30.0 Å². The molecule has 0 aliphatic heterocycles. The summed E-state index contributed by atoms with van der Waals surface area (Å²) < 4.78 is 6.04. The molecule has 2 aromatic rings. The second-order valence-electron chi connectivity index (χ2n) is 10.4. The van der Waals surface area contributed by atoms with Crippen molar-refractivity contribution in [3.05, 3.63) is 60.3 Å². The molecule has 1 aromatic carbocycles. The minimum absolute atomic E-state index is 0.269. The van der Waals surface area contributed by atoms with E-state index in [9.17, 15) is 19.6 Å². The van der Waals surface area contributed by atoms with Crippen molar-refractivity contribution in [2.45, 2.75) is 90.0 Å². The molecule has 1 heterocycles. The summed E-state index contributed by atoms with van der Waals surface area (Å²) in [7, 11) is 0. The molecule has 9 nitrogen and oxygen atoms in total. The summed E-state index contributed by atoms with van der Waals surface area (Å²) in [6, 6.07) is 13.1. The standard InChI is InChI=1S/C30H42N4O5/c1-3-12-26(34(38)21-35)25(19-23-13-6-4-7-14-23)29(36)33-28(30(37)32-27-17-10-11-18-31-27)22(2)39-20-24-15-8-5-9-16-24/h5,8-11,15-18,21-23,25-26,28,38H,3-4,6-7,12-14,19-20H2,1-2H3,(H,33,36)(H,31,32,37)/t22-,25-,26+,28+/m1/s1. The van der Waals surface area contributed by atoms with Gasteiger partial charge in [-0.05, 0) is 43.4 Å². The number of hydrogen-bond acceptors (Lipinski definition) is 6. The summed E-state index contributed by atoms with van der Waals surface area (Å²) in [4.78, 5) is 43.0. The van der Waals surface area contributed by atoms with Gasteiger partial charge in [0.2, 0.25) is 12.3 Å². The van der Waals surface area contributed by atoms with E-state index in [2.05, 4.69) is 15.6 Å². The van der Waals surface area contributed by atoms with Crippen LogP contribution in [-0.2, 0) is 25.7 Å². The third-order valence-electron chi connectivity index (χ3n) is 7.47. The van der Waals surface area contributed by atoms with Crippen LogP contribution >= 0.6 is 0 Å². The van der Waals surface area contributed by atoms with Crippen LogP contribution in [0.4, 0.5) is 5.82 Å². The first kappa shape index (κ1) is 30.2. The van der Waals surface area contributed by atoms with Crippen LogP contribution in [0.2, 0.25) is 0 Å². The molecule has 212 valence electrons. The van der Waals surface area contributed by atoms with E-state index in [0.717, 1.165) is 31.2 Å². The van der Waals surface area contributed by atoms with Crippen molar-refractivity contribution in [3.8, 4) is 0 Å². The summed E-state index contributed by atoms with van der Waals surface area (Å²) in [5, 5.41) is 16.7. The molecule has 0 radical (unpaired) electrons. The number of aromatic nitrogens is 1. The monoisotopic (exact) mass is 538 g/mol. The SMILES string of the molecule is CCC[C@@H]([C@@H](CC1CCCCC1)C(=O)N[C@H](C(=O)Nc1ccccn1)[C@@H](C)OCc1ccccc1)N(O)C=O. The first-order valence-electron chi connectivity index (χ1n) is 14.0. The van der Waals surface area contributed by atoms with Crippen molar-refractivity contribution in [2.24, 2.45) is 11.8 Å². The van der Waals surface area contributed by atoms with Crippen LogP contribution in [-0.4, -0.2) is 51.7 Å². The fourth-order valence-corrected chi connectivity index (χ4v) is 5.31. The van der Waals surface area contributed by atoms with E-state index in [1.807, 2.05) is 37.3 Å². The van der Waals surface area contributed by atoms with E-state index in [0.29, 0.717) is 42.5 Å². The number of carbonyl (C=O) groups excluding carboxylic acids is 3. The smallest absolute Gasteiger partial charge is 0.250 e. The van der Waals surface area contributed by atoms with Crippen LogP contribution in [0.3, 0.4) is 0 Å². The van der Waals surface area contributed by atoms with Gasteiger partial charge in [0.05, 0.1) is 24.7 Å². The highest BCUT2D eigenvalue weighted by Crippen LogP contribution is 2.32. The first-order valence-corrected chi connectivity index (χ1v) is 14.0. The molecule has 0 unspecified atom stereocenters. The van der Waals surface area contributed by atoms with Crippen LogP contribution in [0.25, 0.3) is 0 Å². The molecule has 1 fully saturated rings. The summed E-state index contributed by atoms with van der Waals surface area (Å²) in [6.45, 7) is 3.96. The van der Waals surface area contributed by atoms with Crippen LogP contribution in [0.1, 0.15) is 70.8 Å². The van der Waals surface area contributed by atoms with Gasteiger partial charge in [0.25, 0.3) is 5.91 Å². The second-order valence-corrected chi connectivity index (χ2v) is 10.4. The lowest BCUT2D eigenvalue weighted by atomic mass is 9.79. The Morgan fingerprint density at radius 3 is 2.46 bits per heavy atom. The van der Waals surface area contributed by atoms with Gasteiger partial charge in [-0.25, -0.2) is 10.0 Å². The molecule has 1 aromatic heterocycles. The maximum Gasteiger partial charge on any atom is 0.250 e. The molecule has 39 heavy (non-hydrogen) atoms. The Morgan fingerprint density at radius 1 is 1.10 bits per heavy atom. The van der Waals surface area contributed by atoms with Gasteiger partial charge in [0.15, 0.2) is 0 Å². The highest BCUT2D eigenvalue weighted by Gasteiger charge is 2.37. The van der Waals surface area contributed by atoms with Crippen LogP contribution in [0.5, 0.6) is 0 Å². The highest BCUT2D eigenvalue weighted by atomic mass is 16.5. The molecule has 1 aliphatic rings. The number of nitrogens with one attached hydrogen (secondary N) is 2. The van der Waals surface area contributed by atoms with Crippen LogP contribution < -0.4 is 10.6 Å². The van der Waals surface area contributed by atoms with Crippen LogP contribution in [0.15, 0.2) is 54.7 Å². The molecular formula is C30H42N4O5. The van der Waals surface area contributed by atoms with E-state index >= 15 is 0 Å². The quantitative estimate of drug-likeness (QED) is 0.172. The molecule has 9 heteroatoms. The molecule has 0 spiro atoms. The number of ether oxygens (including phenoxy) is 1. The number of amides is 3. The van der Waals surface area contributed by atoms with E-state index in [-0.39, 0.29) is 12.5 Å². The predicted molar refractivity (Wildman–Crippen MR) is 149 cm³/mol.